The lowest BCUT2D eigenvalue weighted by Gasteiger charge is -2.00. The number of carbonyl (C=O) groups is 1. The fourth-order valence-corrected chi connectivity index (χ4v) is 1.30. The van der Waals surface area contributed by atoms with E-state index < -0.39 is 5.97 Å². The van der Waals surface area contributed by atoms with E-state index in [1.807, 2.05) is 6.08 Å². The van der Waals surface area contributed by atoms with Crippen molar-refractivity contribution in [3.63, 3.8) is 0 Å². The van der Waals surface area contributed by atoms with E-state index in [2.05, 4.69) is 4.98 Å². The number of rotatable bonds is 2. The average Bonchev–Trinajstić information content (AvgIpc) is 2.71. The van der Waals surface area contributed by atoms with Crippen LogP contribution in [0.3, 0.4) is 0 Å². The van der Waals surface area contributed by atoms with Crippen LogP contribution in [-0.4, -0.2) is 29.3 Å². The van der Waals surface area contributed by atoms with Crippen molar-refractivity contribution in [1.82, 2.24) is 4.98 Å². The van der Waals surface area contributed by atoms with Crippen LogP contribution in [0.5, 0.6) is 0 Å². The van der Waals surface area contributed by atoms with Crippen molar-refractivity contribution >= 4 is 11.5 Å². The van der Waals surface area contributed by atoms with Crippen LogP contribution in [-0.2, 0) is 4.74 Å². The number of hydrogen-bond acceptors (Lipinski definition) is 3. The van der Waals surface area contributed by atoms with Gasteiger partial charge in [-0.25, -0.2) is 9.78 Å². The zero-order chi connectivity index (χ0) is 9.97. The van der Waals surface area contributed by atoms with Crippen LogP contribution in [0.15, 0.2) is 24.4 Å². The van der Waals surface area contributed by atoms with Crippen LogP contribution in [0, 0.1) is 0 Å². The van der Waals surface area contributed by atoms with Gasteiger partial charge in [0.2, 0.25) is 0 Å². The number of aromatic carboxylic acids is 1. The Bertz CT molecular complexity index is 381. The molecule has 72 valence electrons. The van der Waals surface area contributed by atoms with Gasteiger partial charge in [0.25, 0.3) is 0 Å². The largest absolute Gasteiger partial charge is 0.477 e. The monoisotopic (exact) mass is 191 g/mol. The molecule has 0 atom stereocenters. The van der Waals surface area contributed by atoms with Crippen LogP contribution < -0.4 is 0 Å². The van der Waals surface area contributed by atoms with Gasteiger partial charge in [-0.1, -0.05) is 12.1 Å². The average molecular weight is 191 g/mol. The molecule has 0 aromatic carbocycles. The molecule has 0 bridgehead atoms. The molecule has 1 aliphatic rings. The zero-order valence-electron chi connectivity index (χ0n) is 7.43. The van der Waals surface area contributed by atoms with Gasteiger partial charge in [-0.05, 0) is 17.2 Å². The van der Waals surface area contributed by atoms with Crippen molar-refractivity contribution in [1.29, 1.82) is 0 Å². The molecule has 0 radical (unpaired) electrons. The normalized spacial score (nSPS) is 15.3. The first-order valence-electron chi connectivity index (χ1n) is 4.24. The van der Waals surface area contributed by atoms with E-state index >= 15 is 0 Å². The smallest absolute Gasteiger partial charge is 0.354 e. The molecular formula is C10H9NO3. The molecular weight excluding hydrogens is 182 g/mol. The summed E-state index contributed by atoms with van der Waals surface area (Å²) in [4.78, 5) is 14.4. The number of pyridine rings is 1. The summed E-state index contributed by atoms with van der Waals surface area (Å²) < 4.78 is 5.15. The standard InChI is InChI=1S/C10H9NO3/c12-10(13)9-2-1-7(5-11-9)8-3-4-14-6-8/h1-3,5H,4,6H2,(H,12,13). The lowest BCUT2D eigenvalue weighted by atomic mass is 10.1. The lowest BCUT2D eigenvalue weighted by molar-refractivity contribution is 0.0690. The summed E-state index contributed by atoms with van der Waals surface area (Å²) >= 11 is 0. The van der Waals surface area contributed by atoms with Crippen LogP contribution in [0.25, 0.3) is 5.57 Å². The van der Waals surface area contributed by atoms with Crippen molar-refractivity contribution in [3.05, 3.63) is 35.7 Å². The molecule has 1 N–H and O–H groups in total. The number of carboxylic acid groups (broad SMARTS) is 1. The Labute approximate surface area is 80.8 Å². The molecule has 0 spiro atoms. The first-order valence-corrected chi connectivity index (χ1v) is 4.24. The Morgan fingerprint density at radius 1 is 1.50 bits per heavy atom. The summed E-state index contributed by atoms with van der Waals surface area (Å²) in [6.07, 6.45) is 3.53. The number of ether oxygens (including phenoxy) is 1. The van der Waals surface area contributed by atoms with Gasteiger partial charge in [0, 0.05) is 6.20 Å². The van der Waals surface area contributed by atoms with E-state index in [0.29, 0.717) is 13.2 Å². The fourth-order valence-electron chi connectivity index (χ4n) is 1.30. The minimum absolute atomic E-state index is 0.0632. The Kier molecular flexibility index (Phi) is 2.28. The first kappa shape index (κ1) is 8.90. The number of nitrogens with zero attached hydrogens (tertiary/aromatic N) is 1. The molecule has 1 aliphatic heterocycles. The predicted molar refractivity (Wildman–Crippen MR) is 50.0 cm³/mol. The number of hydrogen-bond donors (Lipinski definition) is 1. The molecule has 0 saturated carbocycles. The van der Waals surface area contributed by atoms with Gasteiger partial charge in [0.15, 0.2) is 0 Å². The van der Waals surface area contributed by atoms with Gasteiger partial charge in [-0.2, -0.15) is 0 Å². The predicted octanol–water partition coefficient (Wildman–Crippen LogP) is 1.19. The van der Waals surface area contributed by atoms with Crippen LogP contribution in [0.4, 0.5) is 0 Å². The van der Waals surface area contributed by atoms with E-state index in [0.717, 1.165) is 11.1 Å². The Morgan fingerprint density at radius 2 is 2.36 bits per heavy atom. The summed E-state index contributed by atoms with van der Waals surface area (Å²) in [5.74, 6) is -1.01. The molecule has 4 heteroatoms. The molecule has 0 fully saturated rings. The quantitative estimate of drug-likeness (QED) is 0.762. The Morgan fingerprint density at radius 3 is 2.86 bits per heavy atom. The van der Waals surface area contributed by atoms with Crippen molar-refractivity contribution in [2.45, 2.75) is 0 Å². The van der Waals surface area contributed by atoms with Crippen molar-refractivity contribution < 1.29 is 14.6 Å². The summed E-state index contributed by atoms with van der Waals surface area (Å²) in [7, 11) is 0. The Hall–Kier alpha value is -1.68. The second-order valence-corrected chi connectivity index (χ2v) is 2.98. The number of aromatic nitrogens is 1. The minimum Gasteiger partial charge on any atom is -0.477 e. The Balaban J connectivity index is 2.25. The molecule has 0 unspecified atom stereocenters. The molecule has 14 heavy (non-hydrogen) atoms. The maximum absolute atomic E-state index is 10.5. The summed E-state index contributed by atoms with van der Waals surface area (Å²) in [5.41, 5.74) is 2.05. The SMILES string of the molecule is O=C(O)c1ccc(C2=CCOC2)cn1. The highest BCUT2D eigenvalue weighted by Gasteiger charge is 2.09. The molecule has 2 heterocycles. The second-order valence-electron chi connectivity index (χ2n) is 2.98. The van der Waals surface area contributed by atoms with E-state index in [9.17, 15) is 4.79 Å². The maximum atomic E-state index is 10.5. The molecule has 0 saturated heterocycles. The molecule has 1 aromatic heterocycles. The van der Waals surface area contributed by atoms with E-state index in [1.54, 1.807) is 12.3 Å². The maximum Gasteiger partial charge on any atom is 0.354 e. The van der Waals surface area contributed by atoms with E-state index in [1.165, 1.54) is 6.07 Å². The van der Waals surface area contributed by atoms with E-state index in [4.69, 9.17) is 9.84 Å². The van der Waals surface area contributed by atoms with Crippen LogP contribution >= 0.6 is 0 Å². The van der Waals surface area contributed by atoms with Crippen molar-refractivity contribution in [3.8, 4) is 0 Å². The molecule has 0 amide bonds. The highest BCUT2D eigenvalue weighted by Crippen LogP contribution is 2.17. The zero-order valence-corrected chi connectivity index (χ0v) is 7.43. The second kappa shape index (κ2) is 3.59. The van der Waals surface area contributed by atoms with Gasteiger partial charge in [0.05, 0.1) is 13.2 Å². The fraction of sp³-hybridized carbons (Fsp3) is 0.200. The number of carboxylic acids is 1. The summed E-state index contributed by atoms with van der Waals surface area (Å²) in [6, 6.07) is 3.24. The summed E-state index contributed by atoms with van der Waals surface area (Å²) in [5, 5.41) is 8.64. The minimum atomic E-state index is -1.01. The third kappa shape index (κ3) is 1.65. The summed E-state index contributed by atoms with van der Waals surface area (Å²) in [6.45, 7) is 1.20. The van der Waals surface area contributed by atoms with Gasteiger partial charge < -0.3 is 9.84 Å². The topological polar surface area (TPSA) is 59.4 Å². The first-order chi connectivity index (χ1) is 6.77. The highest BCUT2D eigenvalue weighted by atomic mass is 16.5. The third-order valence-corrected chi connectivity index (χ3v) is 2.06. The lowest BCUT2D eigenvalue weighted by Crippen LogP contribution is -2.00. The van der Waals surface area contributed by atoms with Crippen LogP contribution in [0.2, 0.25) is 0 Å². The van der Waals surface area contributed by atoms with Crippen LogP contribution in [0.1, 0.15) is 16.1 Å². The van der Waals surface area contributed by atoms with Crippen molar-refractivity contribution in [2.24, 2.45) is 0 Å². The third-order valence-electron chi connectivity index (χ3n) is 2.06. The molecule has 4 nitrogen and oxygen atoms in total. The molecule has 2 rings (SSSR count). The highest BCUT2D eigenvalue weighted by molar-refractivity contribution is 5.85. The molecule has 1 aromatic rings. The van der Waals surface area contributed by atoms with Gasteiger partial charge in [-0.3, -0.25) is 0 Å². The van der Waals surface area contributed by atoms with E-state index in [-0.39, 0.29) is 5.69 Å². The molecule has 0 aliphatic carbocycles. The van der Waals surface area contributed by atoms with Gasteiger partial charge in [-0.15, -0.1) is 0 Å². The van der Waals surface area contributed by atoms with Gasteiger partial charge >= 0.3 is 5.97 Å². The van der Waals surface area contributed by atoms with Gasteiger partial charge in [0.1, 0.15) is 5.69 Å². The van der Waals surface area contributed by atoms with Crippen molar-refractivity contribution in [2.75, 3.05) is 13.2 Å².